The van der Waals surface area contributed by atoms with Gasteiger partial charge in [-0.2, -0.15) is 0 Å². The van der Waals surface area contributed by atoms with Gasteiger partial charge in [0, 0.05) is 28.9 Å². The lowest BCUT2D eigenvalue weighted by molar-refractivity contribution is 0.691. The van der Waals surface area contributed by atoms with Gasteiger partial charge in [-0.15, -0.1) is 11.3 Å². The van der Waals surface area contributed by atoms with Crippen LogP contribution in [0.5, 0.6) is 0 Å². The molecular weight excluding hydrogens is 276 g/mol. The van der Waals surface area contributed by atoms with Gasteiger partial charge in [-0.25, -0.2) is 4.98 Å². The maximum absolute atomic E-state index is 6.01. The molecule has 0 saturated heterocycles. The summed E-state index contributed by atoms with van der Waals surface area (Å²) < 4.78 is 0. The summed E-state index contributed by atoms with van der Waals surface area (Å²) >= 11 is 7.83. The van der Waals surface area contributed by atoms with Crippen molar-refractivity contribution < 1.29 is 0 Å². The number of nitrogens with one attached hydrogen (secondary N) is 1. The molecule has 0 radical (unpaired) electrons. The monoisotopic (exact) mass is 292 g/mol. The highest BCUT2D eigenvalue weighted by molar-refractivity contribution is 7.11. The Labute approximate surface area is 122 Å². The average molecular weight is 293 g/mol. The van der Waals surface area contributed by atoms with Crippen molar-refractivity contribution in [1.82, 2.24) is 10.3 Å². The minimum absolute atomic E-state index is 0.748. The van der Waals surface area contributed by atoms with E-state index in [1.165, 1.54) is 28.3 Å². The zero-order chi connectivity index (χ0) is 13.2. The molecule has 1 aromatic heterocycles. The molecule has 2 aromatic rings. The average Bonchev–Trinajstić information content (AvgIpc) is 3.12. The third-order valence-electron chi connectivity index (χ3n) is 3.31. The van der Waals surface area contributed by atoms with Crippen molar-refractivity contribution in [2.45, 2.75) is 38.8 Å². The maximum atomic E-state index is 6.01. The SMILES string of the molecule is Cc1nc(Cc2cccc(Cl)c2)sc1CNC1CC1. The van der Waals surface area contributed by atoms with Crippen LogP contribution < -0.4 is 5.32 Å². The lowest BCUT2D eigenvalue weighted by Gasteiger charge is -1.99. The Hall–Kier alpha value is -0.900. The zero-order valence-corrected chi connectivity index (χ0v) is 12.5. The van der Waals surface area contributed by atoms with E-state index in [9.17, 15) is 0 Å². The molecule has 0 amide bonds. The molecule has 1 fully saturated rings. The topological polar surface area (TPSA) is 24.9 Å². The summed E-state index contributed by atoms with van der Waals surface area (Å²) in [4.78, 5) is 6.03. The van der Waals surface area contributed by atoms with Crippen molar-refractivity contribution >= 4 is 22.9 Å². The number of benzene rings is 1. The Morgan fingerprint density at radius 2 is 2.26 bits per heavy atom. The molecule has 0 bridgehead atoms. The third kappa shape index (κ3) is 3.56. The molecule has 19 heavy (non-hydrogen) atoms. The van der Waals surface area contributed by atoms with E-state index in [0.717, 1.165) is 29.7 Å². The van der Waals surface area contributed by atoms with Crippen molar-refractivity contribution in [1.29, 1.82) is 0 Å². The van der Waals surface area contributed by atoms with Gasteiger partial charge in [-0.05, 0) is 37.5 Å². The van der Waals surface area contributed by atoms with Crippen LogP contribution in [-0.2, 0) is 13.0 Å². The summed E-state index contributed by atoms with van der Waals surface area (Å²) in [5.41, 5.74) is 2.39. The molecule has 1 saturated carbocycles. The first kappa shape index (κ1) is 13.1. The summed E-state index contributed by atoms with van der Waals surface area (Å²) in [5.74, 6) is 0. The highest BCUT2D eigenvalue weighted by atomic mass is 35.5. The van der Waals surface area contributed by atoms with E-state index in [4.69, 9.17) is 11.6 Å². The van der Waals surface area contributed by atoms with Crippen LogP contribution >= 0.6 is 22.9 Å². The molecule has 1 heterocycles. The van der Waals surface area contributed by atoms with E-state index in [1.807, 2.05) is 29.5 Å². The predicted octanol–water partition coefficient (Wildman–Crippen LogP) is 3.95. The second-order valence-corrected chi connectivity index (χ2v) is 6.68. The van der Waals surface area contributed by atoms with Crippen molar-refractivity contribution in [3.8, 4) is 0 Å². The van der Waals surface area contributed by atoms with Crippen LogP contribution in [-0.4, -0.2) is 11.0 Å². The van der Waals surface area contributed by atoms with Gasteiger partial charge in [0.2, 0.25) is 0 Å². The molecule has 0 spiro atoms. The minimum Gasteiger partial charge on any atom is -0.309 e. The molecule has 0 aliphatic heterocycles. The van der Waals surface area contributed by atoms with Crippen LogP contribution in [0.4, 0.5) is 0 Å². The largest absolute Gasteiger partial charge is 0.309 e. The third-order valence-corrected chi connectivity index (χ3v) is 4.70. The molecule has 4 heteroatoms. The maximum Gasteiger partial charge on any atom is 0.0975 e. The summed E-state index contributed by atoms with van der Waals surface area (Å²) in [6.45, 7) is 3.06. The molecule has 0 unspecified atom stereocenters. The van der Waals surface area contributed by atoms with Crippen LogP contribution in [0.25, 0.3) is 0 Å². The molecule has 100 valence electrons. The number of halogens is 1. The summed E-state index contributed by atoms with van der Waals surface area (Å²) in [6, 6.07) is 8.76. The van der Waals surface area contributed by atoms with Crippen LogP contribution in [0.1, 0.15) is 34.0 Å². The molecule has 1 aromatic carbocycles. The standard InChI is InChI=1S/C15H17ClN2S/c1-10-14(9-17-13-5-6-13)19-15(18-10)8-11-3-2-4-12(16)7-11/h2-4,7,13,17H,5-6,8-9H2,1H3. The fraction of sp³-hybridized carbons (Fsp3) is 0.400. The molecule has 1 aliphatic rings. The van der Waals surface area contributed by atoms with Crippen LogP contribution in [0.3, 0.4) is 0 Å². The summed E-state index contributed by atoms with van der Waals surface area (Å²) in [6.07, 6.45) is 3.52. The number of aromatic nitrogens is 1. The molecule has 3 rings (SSSR count). The quantitative estimate of drug-likeness (QED) is 0.903. The van der Waals surface area contributed by atoms with Crippen LogP contribution in [0, 0.1) is 6.92 Å². The lowest BCUT2D eigenvalue weighted by atomic mass is 10.2. The Bertz CT molecular complexity index is 575. The van der Waals surface area contributed by atoms with E-state index in [0.29, 0.717) is 0 Å². The van der Waals surface area contributed by atoms with Gasteiger partial charge in [0.15, 0.2) is 0 Å². The van der Waals surface area contributed by atoms with Gasteiger partial charge in [0.1, 0.15) is 0 Å². The smallest absolute Gasteiger partial charge is 0.0975 e. The Morgan fingerprint density at radius 1 is 1.42 bits per heavy atom. The second kappa shape index (κ2) is 5.61. The van der Waals surface area contributed by atoms with E-state index in [1.54, 1.807) is 0 Å². The molecule has 2 nitrogen and oxygen atoms in total. The van der Waals surface area contributed by atoms with Crippen LogP contribution in [0.15, 0.2) is 24.3 Å². The fourth-order valence-electron chi connectivity index (χ4n) is 2.07. The summed E-state index contributed by atoms with van der Waals surface area (Å²) in [7, 11) is 0. The Morgan fingerprint density at radius 3 is 3.00 bits per heavy atom. The minimum atomic E-state index is 0.748. The number of hydrogen-bond donors (Lipinski definition) is 1. The lowest BCUT2D eigenvalue weighted by Crippen LogP contribution is -2.14. The highest BCUT2D eigenvalue weighted by Crippen LogP contribution is 2.24. The number of thiazole rings is 1. The van der Waals surface area contributed by atoms with Gasteiger partial charge < -0.3 is 5.32 Å². The van der Waals surface area contributed by atoms with E-state index in [2.05, 4.69) is 23.3 Å². The number of nitrogens with zero attached hydrogens (tertiary/aromatic N) is 1. The van der Waals surface area contributed by atoms with Gasteiger partial charge in [-0.3, -0.25) is 0 Å². The first-order valence-corrected chi connectivity index (χ1v) is 7.83. The summed E-state index contributed by atoms with van der Waals surface area (Å²) in [5, 5.41) is 5.52. The first-order valence-electron chi connectivity index (χ1n) is 6.64. The normalized spacial score (nSPS) is 14.8. The van der Waals surface area contributed by atoms with E-state index >= 15 is 0 Å². The number of aryl methyl sites for hydroxylation is 1. The van der Waals surface area contributed by atoms with Gasteiger partial charge in [0.05, 0.1) is 10.7 Å². The predicted molar refractivity (Wildman–Crippen MR) is 81.0 cm³/mol. The molecular formula is C15H17ClN2S. The van der Waals surface area contributed by atoms with Crippen molar-refractivity contribution in [2.24, 2.45) is 0 Å². The van der Waals surface area contributed by atoms with E-state index < -0.39 is 0 Å². The van der Waals surface area contributed by atoms with Gasteiger partial charge in [-0.1, -0.05) is 23.7 Å². The first-order chi connectivity index (χ1) is 9.20. The molecule has 0 atom stereocenters. The van der Waals surface area contributed by atoms with Crippen molar-refractivity contribution in [2.75, 3.05) is 0 Å². The highest BCUT2D eigenvalue weighted by Gasteiger charge is 2.21. The van der Waals surface area contributed by atoms with Gasteiger partial charge >= 0.3 is 0 Å². The van der Waals surface area contributed by atoms with E-state index in [-0.39, 0.29) is 0 Å². The zero-order valence-electron chi connectivity index (χ0n) is 10.9. The second-order valence-electron chi connectivity index (χ2n) is 5.08. The molecule has 1 aliphatic carbocycles. The van der Waals surface area contributed by atoms with Crippen molar-refractivity contribution in [3.05, 3.63) is 50.4 Å². The number of rotatable bonds is 5. The van der Waals surface area contributed by atoms with Crippen molar-refractivity contribution in [3.63, 3.8) is 0 Å². The fourth-order valence-corrected chi connectivity index (χ4v) is 3.34. The Balaban J connectivity index is 1.68. The molecule has 1 N–H and O–H groups in total. The number of hydrogen-bond acceptors (Lipinski definition) is 3. The van der Waals surface area contributed by atoms with Gasteiger partial charge in [0.25, 0.3) is 0 Å². The Kier molecular flexibility index (Phi) is 3.87. The van der Waals surface area contributed by atoms with Crippen LogP contribution in [0.2, 0.25) is 5.02 Å².